The summed E-state index contributed by atoms with van der Waals surface area (Å²) in [5.74, 6) is 0. The molecule has 0 bridgehead atoms. The van der Waals surface area contributed by atoms with Crippen LogP contribution in [0.2, 0.25) is 0 Å². The van der Waals surface area contributed by atoms with Crippen molar-refractivity contribution in [2.75, 3.05) is 7.11 Å². The number of aryl methyl sites for hydroxylation is 1. The van der Waals surface area contributed by atoms with E-state index in [0.717, 1.165) is 0 Å². The first-order valence-corrected chi connectivity index (χ1v) is 6.16. The number of hydrogen-bond acceptors (Lipinski definition) is 4. The van der Waals surface area contributed by atoms with Crippen LogP contribution >= 0.6 is 10.7 Å². The lowest BCUT2D eigenvalue weighted by Crippen LogP contribution is -2.04. The third-order valence-corrected chi connectivity index (χ3v) is 3.35. The second-order valence-corrected chi connectivity index (χ2v) is 5.36. The molecule has 5 nitrogen and oxygen atoms in total. The quantitative estimate of drug-likeness (QED) is 0.738. The van der Waals surface area contributed by atoms with Gasteiger partial charge in [0.2, 0.25) is 0 Å². The molecule has 0 radical (unpaired) electrons. The van der Waals surface area contributed by atoms with E-state index < -0.39 is 9.05 Å². The fourth-order valence-electron chi connectivity index (χ4n) is 1.28. The summed E-state index contributed by atoms with van der Waals surface area (Å²) in [7, 11) is 3.04. The first-order chi connectivity index (χ1) is 6.38. The molecule has 1 rings (SSSR count). The Labute approximate surface area is 87.0 Å². The van der Waals surface area contributed by atoms with E-state index in [-0.39, 0.29) is 11.6 Å². The third kappa shape index (κ3) is 2.08. The molecule has 0 atom stereocenters. The number of nitrogens with zero attached hydrogens (tertiary/aromatic N) is 2. The number of aromatic nitrogens is 2. The molecule has 0 aliphatic heterocycles. The molecular formula is C7H11ClN2O3S. The van der Waals surface area contributed by atoms with Crippen molar-refractivity contribution in [3.63, 3.8) is 0 Å². The fourth-order valence-corrected chi connectivity index (χ4v) is 2.80. The van der Waals surface area contributed by atoms with Gasteiger partial charge in [-0.25, -0.2) is 13.1 Å². The Morgan fingerprint density at radius 2 is 2.07 bits per heavy atom. The smallest absolute Gasteiger partial charge is 0.264 e. The molecule has 14 heavy (non-hydrogen) atoms. The van der Waals surface area contributed by atoms with Crippen molar-refractivity contribution in [2.45, 2.75) is 25.5 Å². The second kappa shape index (κ2) is 3.88. The van der Waals surface area contributed by atoms with Gasteiger partial charge in [-0.2, -0.15) is 5.10 Å². The van der Waals surface area contributed by atoms with E-state index in [0.29, 0.717) is 11.4 Å². The molecule has 0 N–H and O–H groups in total. The normalized spacial score (nSPS) is 12.0. The van der Waals surface area contributed by atoms with Crippen molar-refractivity contribution < 1.29 is 13.2 Å². The van der Waals surface area contributed by atoms with Gasteiger partial charge < -0.3 is 4.74 Å². The summed E-state index contributed by atoms with van der Waals surface area (Å²) in [5.41, 5.74) is 0.869. The molecule has 0 amide bonds. The van der Waals surface area contributed by atoms with Crippen LogP contribution in [0.1, 0.15) is 11.4 Å². The zero-order valence-electron chi connectivity index (χ0n) is 8.11. The van der Waals surface area contributed by atoms with E-state index in [1.165, 1.54) is 11.8 Å². The Kier molecular flexibility index (Phi) is 3.18. The summed E-state index contributed by atoms with van der Waals surface area (Å²) >= 11 is 0. The van der Waals surface area contributed by atoms with E-state index in [1.54, 1.807) is 13.8 Å². The molecular weight excluding hydrogens is 228 g/mol. The molecule has 0 unspecified atom stereocenters. The number of halogens is 1. The van der Waals surface area contributed by atoms with E-state index >= 15 is 0 Å². The van der Waals surface area contributed by atoms with Gasteiger partial charge in [0.1, 0.15) is 11.6 Å². The average molecular weight is 239 g/mol. The fraction of sp³-hybridized carbons (Fsp3) is 0.571. The van der Waals surface area contributed by atoms with E-state index in [4.69, 9.17) is 15.4 Å². The maximum Gasteiger partial charge on any atom is 0.264 e. The number of ether oxygens (including phenoxy) is 1. The summed E-state index contributed by atoms with van der Waals surface area (Å²) in [6.45, 7) is 3.43. The highest BCUT2D eigenvalue weighted by Gasteiger charge is 2.22. The van der Waals surface area contributed by atoms with Crippen molar-refractivity contribution >= 4 is 19.7 Å². The largest absolute Gasteiger partial charge is 0.362 e. The van der Waals surface area contributed by atoms with Crippen LogP contribution in [0, 0.1) is 13.8 Å². The molecule has 80 valence electrons. The van der Waals surface area contributed by atoms with Crippen LogP contribution in [0.3, 0.4) is 0 Å². The minimum Gasteiger partial charge on any atom is -0.362 e. The molecule has 0 spiro atoms. The van der Waals surface area contributed by atoms with Gasteiger partial charge >= 0.3 is 0 Å². The van der Waals surface area contributed by atoms with Crippen LogP contribution in [-0.4, -0.2) is 25.3 Å². The summed E-state index contributed by atoms with van der Waals surface area (Å²) < 4.78 is 28.6. The van der Waals surface area contributed by atoms with Crippen LogP contribution in [-0.2, 0) is 20.5 Å². The predicted octanol–water partition coefficient (Wildman–Crippen LogP) is 1.03. The summed E-state index contributed by atoms with van der Waals surface area (Å²) in [5, 5.41) is 3.99. The van der Waals surface area contributed by atoms with Gasteiger partial charge in [0.05, 0.1) is 11.4 Å². The van der Waals surface area contributed by atoms with E-state index in [1.807, 2.05) is 0 Å². The van der Waals surface area contributed by atoms with Gasteiger partial charge in [-0.15, -0.1) is 0 Å². The summed E-state index contributed by atoms with van der Waals surface area (Å²) in [4.78, 5) is 0.0659. The predicted molar refractivity (Wildman–Crippen MR) is 51.7 cm³/mol. The zero-order chi connectivity index (χ0) is 10.9. The van der Waals surface area contributed by atoms with Gasteiger partial charge in [-0.3, -0.25) is 0 Å². The lowest BCUT2D eigenvalue weighted by molar-refractivity contribution is 0.118. The molecule has 1 heterocycles. The van der Waals surface area contributed by atoms with Gasteiger partial charge in [-0.05, 0) is 13.8 Å². The monoisotopic (exact) mass is 238 g/mol. The van der Waals surface area contributed by atoms with Crippen LogP contribution in [0.4, 0.5) is 0 Å². The molecule has 1 aromatic heterocycles. The average Bonchev–Trinajstić information content (AvgIpc) is 2.26. The maximum absolute atomic E-state index is 11.2. The minimum atomic E-state index is -3.73. The van der Waals surface area contributed by atoms with Gasteiger partial charge in [-0.1, -0.05) is 0 Å². The molecule has 0 aromatic carbocycles. The molecule has 0 aliphatic carbocycles. The Balaban J connectivity index is 3.32. The molecule has 7 heteroatoms. The number of rotatable bonds is 3. The number of hydrogen-bond donors (Lipinski definition) is 0. The minimum absolute atomic E-state index is 0.0659. The molecule has 0 saturated carbocycles. The maximum atomic E-state index is 11.2. The summed E-state index contributed by atoms with van der Waals surface area (Å²) in [6.07, 6.45) is 0. The first kappa shape index (κ1) is 11.5. The second-order valence-electron chi connectivity index (χ2n) is 2.86. The Morgan fingerprint density at radius 3 is 2.43 bits per heavy atom. The molecule has 0 aliphatic rings. The summed E-state index contributed by atoms with van der Waals surface area (Å²) in [6, 6.07) is 0. The van der Waals surface area contributed by atoms with Crippen LogP contribution < -0.4 is 0 Å². The standard InChI is InChI=1S/C7H11ClN2O3S/c1-5-7(14(8,11)12)6(2)10(9-5)4-13-3/h4H2,1-3H3. The highest BCUT2D eigenvalue weighted by molar-refractivity contribution is 8.13. The Hall–Kier alpha value is -0.590. The van der Waals surface area contributed by atoms with Crippen LogP contribution in [0.25, 0.3) is 0 Å². The van der Waals surface area contributed by atoms with Crippen LogP contribution in [0.15, 0.2) is 4.90 Å². The molecule has 0 saturated heterocycles. The van der Waals surface area contributed by atoms with Gasteiger partial charge in [0.25, 0.3) is 9.05 Å². The molecule has 0 fully saturated rings. The van der Waals surface area contributed by atoms with Crippen LogP contribution in [0.5, 0.6) is 0 Å². The zero-order valence-corrected chi connectivity index (χ0v) is 9.68. The van der Waals surface area contributed by atoms with Crippen molar-refractivity contribution in [1.82, 2.24) is 9.78 Å². The van der Waals surface area contributed by atoms with E-state index in [9.17, 15) is 8.42 Å². The van der Waals surface area contributed by atoms with E-state index in [2.05, 4.69) is 5.10 Å². The highest BCUT2D eigenvalue weighted by atomic mass is 35.7. The SMILES string of the molecule is COCn1nc(C)c(S(=O)(=O)Cl)c1C. The highest BCUT2D eigenvalue weighted by Crippen LogP contribution is 2.22. The third-order valence-electron chi connectivity index (χ3n) is 1.81. The lowest BCUT2D eigenvalue weighted by atomic mass is 10.4. The van der Waals surface area contributed by atoms with Gasteiger partial charge in [0, 0.05) is 17.8 Å². The Bertz CT molecular complexity index is 438. The lowest BCUT2D eigenvalue weighted by Gasteiger charge is -2.01. The number of methoxy groups -OCH3 is 1. The van der Waals surface area contributed by atoms with Gasteiger partial charge in [0.15, 0.2) is 0 Å². The molecule has 1 aromatic rings. The Morgan fingerprint density at radius 1 is 1.50 bits per heavy atom. The first-order valence-electron chi connectivity index (χ1n) is 3.85. The van der Waals surface area contributed by atoms with Crippen molar-refractivity contribution in [1.29, 1.82) is 0 Å². The van der Waals surface area contributed by atoms with Crippen molar-refractivity contribution in [3.8, 4) is 0 Å². The van der Waals surface area contributed by atoms with Crippen molar-refractivity contribution in [3.05, 3.63) is 11.4 Å². The van der Waals surface area contributed by atoms with Crippen molar-refractivity contribution in [2.24, 2.45) is 0 Å². The topological polar surface area (TPSA) is 61.2 Å².